The molecule has 0 bridgehead atoms. The summed E-state index contributed by atoms with van der Waals surface area (Å²) >= 11 is 0. The second kappa shape index (κ2) is 11.4. The Morgan fingerprint density at radius 1 is 0.380 bits per heavy atom. The Morgan fingerprint density at radius 3 is 1.60 bits per heavy atom. The Balaban J connectivity index is 1.29. The lowest BCUT2D eigenvalue weighted by Crippen LogP contribution is -2.01. The predicted octanol–water partition coefficient (Wildman–Crippen LogP) is 11.7. The van der Waals surface area contributed by atoms with E-state index in [0.29, 0.717) is 5.82 Å². The second-order valence-electron chi connectivity index (χ2n) is 12.6. The normalized spacial score (nSPS) is 11.6. The highest BCUT2D eigenvalue weighted by molar-refractivity contribution is 6.26. The molecular weight excluding hydrogens is 609 g/mol. The minimum absolute atomic E-state index is 0.686. The molecule has 0 saturated carbocycles. The van der Waals surface area contributed by atoms with Gasteiger partial charge in [-0.15, -0.1) is 0 Å². The maximum atomic E-state index is 5.23. The van der Waals surface area contributed by atoms with Crippen LogP contribution in [0.5, 0.6) is 0 Å². The summed E-state index contributed by atoms with van der Waals surface area (Å²) in [5.74, 6) is 0.686. The molecule has 0 radical (unpaired) electrons. The zero-order chi connectivity index (χ0) is 33.0. The van der Waals surface area contributed by atoms with Crippen molar-refractivity contribution in [2.24, 2.45) is 0 Å². The van der Waals surface area contributed by atoms with Crippen molar-refractivity contribution >= 4 is 43.6 Å². The van der Waals surface area contributed by atoms with Gasteiger partial charge in [0.2, 0.25) is 0 Å². The lowest BCUT2D eigenvalue weighted by atomic mass is 10.1. The minimum Gasteiger partial charge on any atom is -0.309 e. The fourth-order valence-corrected chi connectivity index (χ4v) is 7.55. The molecule has 0 saturated heterocycles. The minimum atomic E-state index is 0.686. The van der Waals surface area contributed by atoms with Gasteiger partial charge < -0.3 is 9.13 Å². The molecule has 10 aromatic rings. The van der Waals surface area contributed by atoms with Gasteiger partial charge in [0, 0.05) is 43.9 Å². The zero-order valence-corrected chi connectivity index (χ0v) is 27.1. The van der Waals surface area contributed by atoms with E-state index in [9.17, 15) is 0 Å². The van der Waals surface area contributed by atoms with E-state index >= 15 is 0 Å². The smallest absolute Gasteiger partial charge is 0.162 e. The topological polar surface area (TPSA) is 35.6 Å². The second-order valence-corrected chi connectivity index (χ2v) is 12.6. The van der Waals surface area contributed by atoms with Crippen molar-refractivity contribution in [2.75, 3.05) is 0 Å². The molecule has 0 atom stereocenters. The fraction of sp³-hybridized carbons (Fsp3) is 0. The van der Waals surface area contributed by atoms with Crippen LogP contribution in [0.3, 0.4) is 0 Å². The number of nitrogens with zero attached hydrogens (tertiary/aromatic N) is 4. The molecule has 0 aliphatic heterocycles. The number of aromatic nitrogens is 4. The Hall–Kier alpha value is -6.78. The third-order valence-corrected chi connectivity index (χ3v) is 9.74. The third kappa shape index (κ3) is 4.39. The number of fused-ring (bicyclic) bond motifs is 7. The fourth-order valence-electron chi connectivity index (χ4n) is 7.55. The van der Waals surface area contributed by atoms with Gasteiger partial charge in [0.25, 0.3) is 0 Å². The largest absolute Gasteiger partial charge is 0.309 e. The van der Waals surface area contributed by atoms with Gasteiger partial charge in [-0.25, -0.2) is 9.97 Å². The first kappa shape index (κ1) is 28.3. The van der Waals surface area contributed by atoms with Gasteiger partial charge in [-0.1, -0.05) is 133 Å². The number of hydrogen-bond donors (Lipinski definition) is 0. The van der Waals surface area contributed by atoms with Crippen LogP contribution in [0.25, 0.3) is 88.9 Å². The van der Waals surface area contributed by atoms with Gasteiger partial charge in [0.15, 0.2) is 5.82 Å². The van der Waals surface area contributed by atoms with Crippen molar-refractivity contribution in [1.29, 1.82) is 0 Å². The van der Waals surface area contributed by atoms with Crippen molar-refractivity contribution in [3.05, 3.63) is 182 Å². The molecule has 3 heterocycles. The number of rotatable bonds is 5. The summed E-state index contributed by atoms with van der Waals surface area (Å²) in [4.78, 5) is 10.5. The Bertz CT molecular complexity index is 2790. The monoisotopic (exact) mass is 638 g/mol. The maximum Gasteiger partial charge on any atom is 0.162 e. The predicted molar refractivity (Wildman–Crippen MR) is 207 cm³/mol. The molecule has 0 spiro atoms. The molecule has 0 amide bonds. The van der Waals surface area contributed by atoms with E-state index in [0.717, 1.165) is 50.5 Å². The molecule has 7 aromatic carbocycles. The van der Waals surface area contributed by atoms with Crippen molar-refractivity contribution in [3.8, 4) is 45.3 Å². The summed E-state index contributed by atoms with van der Waals surface area (Å²) in [6.45, 7) is 0. The van der Waals surface area contributed by atoms with E-state index in [2.05, 4.69) is 179 Å². The quantitative estimate of drug-likeness (QED) is 0.188. The molecule has 0 unspecified atom stereocenters. The third-order valence-electron chi connectivity index (χ3n) is 9.74. The lowest BCUT2D eigenvalue weighted by Gasteiger charge is -2.15. The first-order valence-corrected chi connectivity index (χ1v) is 16.9. The van der Waals surface area contributed by atoms with Gasteiger partial charge >= 0.3 is 0 Å². The molecule has 234 valence electrons. The summed E-state index contributed by atoms with van der Waals surface area (Å²) in [6, 6.07) is 64.1. The van der Waals surface area contributed by atoms with E-state index in [1.165, 1.54) is 32.6 Å². The molecule has 10 rings (SSSR count). The molecule has 0 N–H and O–H groups in total. The van der Waals surface area contributed by atoms with Crippen LogP contribution >= 0.6 is 0 Å². The lowest BCUT2D eigenvalue weighted by molar-refractivity contribution is 1.14. The molecular formula is C46H30N4. The van der Waals surface area contributed by atoms with E-state index in [4.69, 9.17) is 9.97 Å². The summed E-state index contributed by atoms with van der Waals surface area (Å²) in [6.07, 6.45) is 0. The first-order valence-electron chi connectivity index (χ1n) is 16.9. The van der Waals surface area contributed by atoms with Gasteiger partial charge in [0.05, 0.1) is 39.1 Å². The van der Waals surface area contributed by atoms with Crippen LogP contribution in [0.4, 0.5) is 0 Å². The number of benzene rings is 7. The van der Waals surface area contributed by atoms with Crippen molar-refractivity contribution < 1.29 is 0 Å². The van der Waals surface area contributed by atoms with E-state index < -0.39 is 0 Å². The van der Waals surface area contributed by atoms with Crippen molar-refractivity contribution in [1.82, 2.24) is 19.1 Å². The van der Waals surface area contributed by atoms with Crippen LogP contribution in [0.15, 0.2) is 182 Å². The Morgan fingerprint density at radius 2 is 0.920 bits per heavy atom. The van der Waals surface area contributed by atoms with Gasteiger partial charge in [-0.05, 0) is 48.5 Å². The van der Waals surface area contributed by atoms with Gasteiger partial charge in [-0.2, -0.15) is 0 Å². The van der Waals surface area contributed by atoms with Crippen molar-refractivity contribution in [3.63, 3.8) is 0 Å². The van der Waals surface area contributed by atoms with Crippen LogP contribution in [0.2, 0.25) is 0 Å². The van der Waals surface area contributed by atoms with Crippen LogP contribution in [0, 0.1) is 0 Å². The molecule has 0 aliphatic carbocycles. The van der Waals surface area contributed by atoms with Gasteiger partial charge in [0.1, 0.15) is 0 Å². The average Bonchev–Trinajstić information content (AvgIpc) is 3.72. The number of para-hydroxylation sites is 4. The zero-order valence-electron chi connectivity index (χ0n) is 27.1. The first-order chi connectivity index (χ1) is 24.8. The maximum absolute atomic E-state index is 5.23. The van der Waals surface area contributed by atoms with E-state index in [1.54, 1.807) is 0 Å². The van der Waals surface area contributed by atoms with E-state index in [1.807, 2.05) is 12.1 Å². The highest BCUT2D eigenvalue weighted by Gasteiger charge is 2.22. The molecule has 4 nitrogen and oxygen atoms in total. The van der Waals surface area contributed by atoms with Crippen LogP contribution < -0.4 is 0 Å². The average molecular weight is 639 g/mol. The SMILES string of the molecule is c1ccc(-c2cc(-c3ccccc3)nc(-c3ccccc3-n3c4ccccc4c4c3ccc3c5ccccc5n(-c5ccccc5)c34)n2)cc1. The molecule has 50 heavy (non-hydrogen) atoms. The van der Waals surface area contributed by atoms with Crippen LogP contribution in [-0.2, 0) is 0 Å². The Kier molecular flexibility index (Phi) is 6.46. The molecule has 4 heteroatoms. The molecule has 3 aromatic heterocycles. The summed E-state index contributed by atoms with van der Waals surface area (Å²) in [7, 11) is 0. The summed E-state index contributed by atoms with van der Waals surface area (Å²) in [5, 5.41) is 4.90. The summed E-state index contributed by atoms with van der Waals surface area (Å²) < 4.78 is 4.82. The highest BCUT2D eigenvalue weighted by Crippen LogP contribution is 2.43. The summed E-state index contributed by atoms with van der Waals surface area (Å²) in [5.41, 5.74) is 11.7. The van der Waals surface area contributed by atoms with Gasteiger partial charge in [-0.3, -0.25) is 0 Å². The molecule has 0 fully saturated rings. The van der Waals surface area contributed by atoms with Crippen molar-refractivity contribution in [2.45, 2.75) is 0 Å². The van der Waals surface area contributed by atoms with E-state index in [-0.39, 0.29) is 0 Å². The highest BCUT2D eigenvalue weighted by atomic mass is 15.0. The van der Waals surface area contributed by atoms with Crippen LogP contribution in [-0.4, -0.2) is 19.1 Å². The molecule has 0 aliphatic rings. The Labute approximate surface area is 289 Å². The number of hydrogen-bond acceptors (Lipinski definition) is 2. The standard InChI is InChI=1S/C46H30N4/c1-4-16-31(17-5-1)38-30-39(32-18-6-2-7-19-32)48-46(47-38)37-24-12-15-27-42(37)50-41-26-14-11-23-36(41)44-43(50)29-28-35-34-22-10-13-25-40(34)49(45(35)44)33-20-8-3-9-21-33/h1-30H. The van der Waals surface area contributed by atoms with Crippen LogP contribution in [0.1, 0.15) is 0 Å².